The predicted octanol–water partition coefficient (Wildman–Crippen LogP) is 2.46. The molecule has 0 rings (SSSR count). The molecule has 0 amide bonds. The van der Waals surface area contributed by atoms with E-state index in [0.717, 1.165) is 0 Å². The Hall–Kier alpha value is 1.38. The summed E-state index contributed by atoms with van der Waals surface area (Å²) in [5.41, 5.74) is 0. The number of rotatable bonds is 0. The molecule has 0 aliphatic rings. The highest BCUT2D eigenvalue weighted by atomic mass is 36.0. The van der Waals surface area contributed by atoms with Crippen molar-refractivity contribution in [2.45, 2.75) is 0 Å². The standard InChI is InChI=1S/C.Cl4Si/c;1-5(2,3)4. The van der Waals surface area contributed by atoms with Crippen molar-refractivity contribution in [2.75, 3.05) is 0 Å². The van der Waals surface area contributed by atoms with Crippen LogP contribution in [-0.4, -0.2) is 5.31 Å². The lowest BCUT2D eigenvalue weighted by Crippen LogP contribution is -1.91. The van der Waals surface area contributed by atoms with Crippen molar-refractivity contribution >= 4 is 49.6 Å². The first kappa shape index (κ1) is 10.4. The van der Waals surface area contributed by atoms with E-state index in [-0.39, 0.29) is 7.43 Å². The summed E-state index contributed by atoms with van der Waals surface area (Å²) in [5.74, 6) is 0. The Balaban J connectivity index is 0. The molecule has 0 nitrogen and oxygen atoms in total. The maximum absolute atomic E-state index is 4.97. The lowest BCUT2D eigenvalue weighted by molar-refractivity contribution is 3.24. The maximum Gasteiger partial charge on any atom is 0.440 e. The van der Waals surface area contributed by atoms with Gasteiger partial charge in [0.05, 0.1) is 0 Å². The van der Waals surface area contributed by atoms with E-state index < -0.39 is 5.31 Å². The summed E-state index contributed by atoms with van der Waals surface area (Å²) in [7, 11) is 0. The lowest BCUT2D eigenvalue weighted by Gasteiger charge is -1.85. The zero-order chi connectivity index (χ0) is 4.50. The molecule has 0 aromatic rings. The van der Waals surface area contributed by atoms with Gasteiger partial charge < -0.3 is 0 Å². The molecule has 0 unspecified atom stereocenters. The summed E-state index contributed by atoms with van der Waals surface area (Å²) in [6.45, 7) is 0. The summed E-state index contributed by atoms with van der Waals surface area (Å²) in [5, 5.41) is -2.72. The molecular weight excluding hydrogens is 182 g/mol. The van der Waals surface area contributed by atoms with Gasteiger partial charge in [0.2, 0.25) is 0 Å². The first-order valence-electron chi connectivity index (χ1n) is 0.756. The van der Waals surface area contributed by atoms with Gasteiger partial charge in [-0.1, -0.05) is 0 Å². The molecule has 4 radical (unpaired) electrons. The maximum atomic E-state index is 4.97. The second kappa shape index (κ2) is 3.39. The summed E-state index contributed by atoms with van der Waals surface area (Å²) in [6.07, 6.45) is 0. The second-order valence-electron chi connectivity index (χ2n) is 0.429. The van der Waals surface area contributed by atoms with E-state index in [1.165, 1.54) is 0 Å². The molecule has 0 heterocycles. The van der Waals surface area contributed by atoms with Gasteiger partial charge in [-0.3, -0.25) is 0 Å². The van der Waals surface area contributed by atoms with Crippen LogP contribution >= 0.6 is 44.3 Å². The Morgan fingerprint density at radius 2 is 0.833 bits per heavy atom. The van der Waals surface area contributed by atoms with Crippen molar-refractivity contribution in [3.63, 3.8) is 0 Å². The summed E-state index contributed by atoms with van der Waals surface area (Å²) < 4.78 is 0. The molecular formula is CCl4Si. The highest BCUT2D eigenvalue weighted by Crippen LogP contribution is 2.23. The van der Waals surface area contributed by atoms with Gasteiger partial charge in [0.15, 0.2) is 0 Å². The van der Waals surface area contributed by atoms with Crippen LogP contribution in [-0.2, 0) is 0 Å². The minimum Gasteiger partial charge on any atom is -0.110 e. The van der Waals surface area contributed by atoms with Gasteiger partial charge in [0.25, 0.3) is 0 Å². The van der Waals surface area contributed by atoms with Gasteiger partial charge in [0.1, 0.15) is 0 Å². The fourth-order valence-corrected chi connectivity index (χ4v) is 0. The fraction of sp³-hybridized carbons (Fsp3) is 0. The van der Waals surface area contributed by atoms with Gasteiger partial charge in [-0.25, -0.2) is 0 Å². The molecule has 5 heteroatoms. The van der Waals surface area contributed by atoms with Crippen LogP contribution in [0.5, 0.6) is 0 Å². The van der Waals surface area contributed by atoms with E-state index >= 15 is 0 Å². The minimum atomic E-state index is -2.72. The van der Waals surface area contributed by atoms with E-state index in [1.807, 2.05) is 0 Å². The van der Waals surface area contributed by atoms with Crippen LogP contribution in [0.2, 0.25) is 0 Å². The smallest absolute Gasteiger partial charge is 0.110 e. The molecule has 0 N–H and O–H groups in total. The summed E-state index contributed by atoms with van der Waals surface area (Å²) in [6, 6.07) is 0. The Kier molecular flexibility index (Phi) is 5.86. The monoisotopic (exact) mass is 180 g/mol. The zero-order valence-corrected chi connectivity index (χ0v) is 6.54. The van der Waals surface area contributed by atoms with Crippen molar-refractivity contribution in [2.24, 2.45) is 0 Å². The number of hydrogen-bond acceptors (Lipinski definition) is 0. The molecule has 0 spiro atoms. The number of hydrogen-bond donors (Lipinski definition) is 0. The second-order valence-corrected chi connectivity index (χ2v) is 11.6. The Morgan fingerprint density at radius 3 is 0.833 bits per heavy atom. The van der Waals surface area contributed by atoms with Crippen molar-refractivity contribution in [3.05, 3.63) is 7.43 Å². The average molecular weight is 182 g/mol. The van der Waals surface area contributed by atoms with E-state index in [2.05, 4.69) is 0 Å². The van der Waals surface area contributed by atoms with E-state index in [1.54, 1.807) is 0 Å². The van der Waals surface area contributed by atoms with Crippen molar-refractivity contribution in [1.29, 1.82) is 0 Å². The molecule has 36 valence electrons. The van der Waals surface area contributed by atoms with E-state index in [0.29, 0.717) is 0 Å². The third-order valence-electron chi connectivity index (χ3n) is 0. The highest BCUT2D eigenvalue weighted by Gasteiger charge is 2.19. The molecule has 0 bridgehead atoms. The lowest BCUT2D eigenvalue weighted by atomic mass is 12.0. The van der Waals surface area contributed by atoms with Crippen LogP contribution in [0.4, 0.5) is 0 Å². The molecule has 0 aliphatic heterocycles. The first-order chi connectivity index (χ1) is 2.00. The predicted molar refractivity (Wildman–Crippen MR) is 32.4 cm³/mol. The molecule has 0 saturated heterocycles. The number of halogens is 4. The van der Waals surface area contributed by atoms with Gasteiger partial charge >= 0.3 is 5.31 Å². The van der Waals surface area contributed by atoms with Crippen LogP contribution in [0.3, 0.4) is 0 Å². The van der Waals surface area contributed by atoms with Crippen LogP contribution in [0.25, 0.3) is 0 Å². The molecule has 0 aromatic heterocycles. The molecule has 0 aliphatic carbocycles. The molecule has 0 saturated carbocycles. The van der Waals surface area contributed by atoms with Crippen LogP contribution in [0.1, 0.15) is 0 Å². The van der Waals surface area contributed by atoms with Gasteiger partial charge in [-0.2, -0.15) is 0 Å². The SMILES string of the molecule is Cl[Si](Cl)(Cl)Cl.[C]. The quantitative estimate of drug-likeness (QED) is 0.398. The van der Waals surface area contributed by atoms with Gasteiger partial charge in [0, 0.05) is 7.43 Å². The normalized spacial score (nSPS) is 10.0. The molecule has 6 heavy (non-hydrogen) atoms. The summed E-state index contributed by atoms with van der Waals surface area (Å²) in [4.78, 5) is 0. The van der Waals surface area contributed by atoms with Crippen molar-refractivity contribution in [3.8, 4) is 0 Å². The van der Waals surface area contributed by atoms with Crippen molar-refractivity contribution in [1.82, 2.24) is 0 Å². The Bertz CT molecular complexity index is 23.0. The largest absolute Gasteiger partial charge is 0.440 e. The fourth-order valence-electron chi connectivity index (χ4n) is 0. The van der Waals surface area contributed by atoms with Crippen LogP contribution < -0.4 is 0 Å². The highest BCUT2D eigenvalue weighted by molar-refractivity contribution is 7.81. The zero-order valence-electron chi connectivity index (χ0n) is 2.51. The average Bonchev–Trinajstić information content (AvgIpc) is 0.722. The van der Waals surface area contributed by atoms with Crippen LogP contribution in [0.15, 0.2) is 0 Å². The Labute approximate surface area is 57.2 Å². The van der Waals surface area contributed by atoms with Crippen LogP contribution in [0, 0.1) is 7.43 Å². The topological polar surface area (TPSA) is 0 Å². The first-order valence-corrected chi connectivity index (χ1v) is 6.80. The third kappa shape index (κ3) is 54.3. The third-order valence-corrected chi connectivity index (χ3v) is 0. The molecule has 0 fully saturated rings. The summed E-state index contributed by atoms with van der Waals surface area (Å²) >= 11 is 19.9. The minimum absolute atomic E-state index is 0. The van der Waals surface area contributed by atoms with E-state index in [9.17, 15) is 0 Å². The van der Waals surface area contributed by atoms with Crippen molar-refractivity contribution < 1.29 is 0 Å². The molecule has 0 atom stereocenters. The molecule has 0 aromatic carbocycles. The van der Waals surface area contributed by atoms with E-state index in [4.69, 9.17) is 44.3 Å². The van der Waals surface area contributed by atoms with Gasteiger partial charge in [-0.15, -0.1) is 44.3 Å². The Morgan fingerprint density at radius 1 is 0.833 bits per heavy atom. The van der Waals surface area contributed by atoms with Gasteiger partial charge in [-0.05, 0) is 0 Å².